The molecule has 100 valence electrons. The molecule has 1 saturated heterocycles. The molecule has 0 N–H and O–H groups in total. The predicted molar refractivity (Wildman–Crippen MR) is 63.3 cm³/mol. The van der Waals surface area contributed by atoms with Crippen LogP contribution in [0.1, 0.15) is 23.1 Å². The number of alkyl halides is 2. The van der Waals surface area contributed by atoms with Crippen molar-refractivity contribution in [1.82, 2.24) is 14.7 Å². The van der Waals surface area contributed by atoms with Crippen LogP contribution in [0.25, 0.3) is 0 Å². The number of carbonyl (C=O) groups is 1. The molecule has 18 heavy (non-hydrogen) atoms. The molecule has 1 fully saturated rings. The molecule has 0 radical (unpaired) electrons. The fourth-order valence-corrected chi connectivity index (χ4v) is 2.47. The van der Waals surface area contributed by atoms with Gasteiger partial charge in [0.25, 0.3) is 5.91 Å². The standard InChI is InChI=1S/C11H14ClF2N3O/c1-3-8-9(12)10(15-16(8)2)11(18)17-4-6(13)7(14)5-17/h6-7H,3-5H2,1-2H3. The number of nitrogens with zero attached hydrogens (tertiary/aromatic N) is 3. The summed E-state index contributed by atoms with van der Waals surface area (Å²) in [5, 5.41) is 4.29. The van der Waals surface area contributed by atoms with Crippen LogP contribution in [0.4, 0.5) is 8.78 Å². The van der Waals surface area contributed by atoms with Gasteiger partial charge in [0, 0.05) is 7.05 Å². The summed E-state index contributed by atoms with van der Waals surface area (Å²) < 4.78 is 27.7. The number of carbonyl (C=O) groups excluding carboxylic acids is 1. The highest BCUT2D eigenvalue weighted by atomic mass is 35.5. The van der Waals surface area contributed by atoms with E-state index >= 15 is 0 Å². The van der Waals surface area contributed by atoms with Gasteiger partial charge in [-0.15, -0.1) is 0 Å². The monoisotopic (exact) mass is 277 g/mol. The quantitative estimate of drug-likeness (QED) is 0.826. The van der Waals surface area contributed by atoms with Crippen LogP contribution < -0.4 is 0 Å². The van der Waals surface area contributed by atoms with Crippen molar-refractivity contribution in [2.45, 2.75) is 25.7 Å². The molecular weight excluding hydrogens is 264 g/mol. The molecule has 0 aliphatic carbocycles. The van der Waals surface area contributed by atoms with Crippen molar-refractivity contribution in [3.8, 4) is 0 Å². The van der Waals surface area contributed by atoms with Crippen LogP contribution in [0.2, 0.25) is 5.02 Å². The molecule has 0 saturated carbocycles. The number of hydrogen-bond acceptors (Lipinski definition) is 2. The molecule has 1 aromatic heterocycles. The Balaban J connectivity index is 2.25. The Morgan fingerprint density at radius 2 is 2.00 bits per heavy atom. The molecule has 1 amide bonds. The maximum Gasteiger partial charge on any atom is 0.276 e. The first kappa shape index (κ1) is 13.3. The van der Waals surface area contributed by atoms with Gasteiger partial charge in [-0.3, -0.25) is 9.48 Å². The van der Waals surface area contributed by atoms with E-state index < -0.39 is 18.3 Å². The number of rotatable bonds is 2. The third-order valence-corrected chi connectivity index (χ3v) is 3.51. The van der Waals surface area contributed by atoms with Crippen LogP contribution in [0.15, 0.2) is 0 Å². The predicted octanol–water partition coefficient (Wildman–Crippen LogP) is 1.77. The third-order valence-electron chi connectivity index (χ3n) is 3.11. The Kier molecular flexibility index (Phi) is 3.56. The van der Waals surface area contributed by atoms with Crippen molar-refractivity contribution < 1.29 is 13.6 Å². The third kappa shape index (κ3) is 2.09. The zero-order valence-electron chi connectivity index (χ0n) is 10.2. The number of likely N-dealkylation sites (tertiary alicyclic amines) is 1. The number of aromatic nitrogens is 2. The van der Waals surface area contributed by atoms with Gasteiger partial charge in [0.2, 0.25) is 0 Å². The van der Waals surface area contributed by atoms with Crippen molar-refractivity contribution in [2.24, 2.45) is 7.05 Å². The van der Waals surface area contributed by atoms with Crippen molar-refractivity contribution >= 4 is 17.5 Å². The second-order valence-corrected chi connectivity index (χ2v) is 4.71. The molecule has 0 spiro atoms. The Morgan fingerprint density at radius 1 is 1.44 bits per heavy atom. The molecule has 0 aromatic carbocycles. The van der Waals surface area contributed by atoms with Gasteiger partial charge in [-0.2, -0.15) is 5.10 Å². The van der Waals surface area contributed by atoms with Gasteiger partial charge in [0.15, 0.2) is 18.0 Å². The minimum Gasteiger partial charge on any atom is -0.331 e. The maximum absolute atomic E-state index is 13.1. The van der Waals surface area contributed by atoms with Gasteiger partial charge in [-0.1, -0.05) is 18.5 Å². The van der Waals surface area contributed by atoms with Crippen molar-refractivity contribution in [3.63, 3.8) is 0 Å². The molecular formula is C11H14ClF2N3O. The van der Waals surface area contributed by atoms with Crippen LogP contribution in [0.5, 0.6) is 0 Å². The lowest BCUT2D eigenvalue weighted by Crippen LogP contribution is -2.30. The number of hydrogen-bond donors (Lipinski definition) is 0. The first-order valence-electron chi connectivity index (χ1n) is 5.74. The summed E-state index contributed by atoms with van der Waals surface area (Å²) in [7, 11) is 1.68. The fraction of sp³-hybridized carbons (Fsp3) is 0.636. The second-order valence-electron chi connectivity index (χ2n) is 4.33. The maximum atomic E-state index is 13.1. The Labute approximate surface area is 109 Å². The Hall–Kier alpha value is -1.17. The molecule has 1 aliphatic rings. The first-order chi connectivity index (χ1) is 8.45. The van der Waals surface area contributed by atoms with Gasteiger partial charge in [-0.05, 0) is 6.42 Å². The van der Waals surface area contributed by atoms with Gasteiger partial charge >= 0.3 is 0 Å². The molecule has 2 rings (SSSR count). The highest BCUT2D eigenvalue weighted by Crippen LogP contribution is 2.25. The molecule has 2 unspecified atom stereocenters. The van der Waals surface area contributed by atoms with Crippen LogP contribution >= 0.6 is 11.6 Å². The lowest BCUT2D eigenvalue weighted by Gasteiger charge is -2.13. The van der Waals surface area contributed by atoms with E-state index in [-0.39, 0.29) is 23.8 Å². The summed E-state index contributed by atoms with van der Waals surface area (Å²) in [6.45, 7) is 1.41. The van der Waals surface area contributed by atoms with Gasteiger partial charge < -0.3 is 4.90 Å². The van der Waals surface area contributed by atoms with Crippen molar-refractivity contribution in [1.29, 1.82) is 0 Å². The lowest BCUT2D eigenvalue weighted by molar-refractivity contribution is 0.0772. The van der Waals surface area contributed by atoms with Crippen molar-refractivity contribution in [2.75, 3.05) is 13.1 Å². The summed E-state index contributed by atoms with van der Waals surface area (Å²) in [5.74, 6) is -0.516. The van der Waals surface area contributed by atoms with E-state index in [0.717, 1.165) is 10.6 Å². The average molecular weight is 278 g/mol. The fourth-order valence-electron chi connectivity index (χ4n) is 2.09. The van der Waals surface area contributed by atoms with E-state index in [9.17, 15) is 13.6 Å². The summed E-state index contributed by atoms with van der Waals surface area (Å²) in [4.78, 5) is 13.2. The summed E-state index contributed by atoms with van der Waals surface area (Å²) in [6, 6.07) is 0. The summed E-state index contributed by atoms with van der Waals surface area (Å²) >= 11 is 6.06. The van der Waals surface area contributed by atoms with Crippen LogP contribution in [-0.4, -0.2) is 46.0 Å². The topological polar surface area (TPSA) is 38.1 Å². The van der Waals surface area contributed by atoms with E-state index in [1.165, 1.54) is 4.68 Å². The van der Waals surface area contributed by atoms with E-state index in [1.54, 1.807) is 7.05 Å². The van der Waals surface area contributed by atoms with Gasteiger partial charge in [0.05, 0.1) is 23.8 Å². The van der Waals surface area contributed by atoms with E-state index in [2.05, 4.69) is 5.10 Å². The molecule has 1 aliphatic heterocycles. The van der Waals surface area contributed by atoms with Crippen LogP contribution in [0, 0.1) is 0 Å². The van der Waals surface area contributed by atoms with Gasteiger partial charge in [0.1, 0.15) is 0 Å². The van der Waals surface area contributed by atoms with E-state index in [0.29, 0.717) is 6.42 Å². The molecule has 7 heteroatoms. The lowest BCUT2D eigenvalue weighted by atomic mass is 10.3. The average Bonchev–Trinajstić information content (AvgIpc) is 2.80. The highest BCUT2D eigenvalue weighted by Gasteiger charge is 2.37. The first-order valence-corrected chi connectivity index (χ1v) is 6.12. The normalized spacial score (nSPS) is 23.7. The minimum absolute atomic E-state index is 0.0670. The Bertz CT molecular complexity index is 467. The number of amides is 1. The van der Waals surface area contributed by atoms with Crippen molar-refractivity contribution in [3.05, 3.63) is 16.4 Å². The van der Waals surface area contributed by atoms with Crippen LogP contribution in [-0.2, 0) is 13.5 Å². The zero-order valence-corrected chi connectivity index (χ0v) is 10.9. The molecule has 0 bridgehead atoms. The number of halogens is 3. The summed E-state index contributed by atoms with van der Waals surface area (Å²) in [5.41, 5.74) is 0.796. The molecule has 4 nitrogen and oxygen atoms in total. The van der Waals surface area contributed by atoms with E-state index in [4.69, 9.17) is 11.6 Å². The van der Waals surface area contributed by atoms with E-state index in [1.807, 2.05) is 6.92 Å². The zero-order chi connectivity index (χ0) is 13.4. The largest absolute Gasteiger partial charge is 0.331 e. The molecule has 2 atom stereocenters. The minimum atomic E-state index is -1.62. The smallest absolute Gasteiger partial charge is 0.276 e. The Morgan fingerprint density at radius 3 is 2.44 bits per heavy atom. The van der Waals surface area contributed by atoms with Gasteiger partial charge in [-0.25, -0.2) is 8.78 Å². The molecule has 2 heterocycles. The molecule has 1 aromatic rings. The second kappa shape index (κ2) is 4.84. The summed E-state index contributed by atoms with van der Waals surface area (Å²) in [6.07, 6.45) is -2.61. The van der Waals surface area contributed by atoms with Crippen LogP contribution in [0.3, 0.4) is 0 Å². The number of aryl methyl sites for hydroxylation is 1. The highest BCUT2D eigenvalue weighted by molar-refractivity contribution is 6.34. The SMILES string of the molecule is CCc1c(Cl)c(C(=O)N2CC(F)C(F)C2)nn1C.